The number of ether oxygens (including phenoxy) is 1. The monoisotopic (exact) mass is 446 g/mol. The molecule has 3 aromatic rings. The number of aryl methyl sites for hydroxylation is 2. The van der Waals surface area contributed by atoms with Gasteiger partial charge in [0.15, 0.2) is 0 Å². The van der Waals surface area contributed by atoms with Gasteiger partial charge in [-0.05, 0) is 56.0 Å². The van der Waals surface area contributed by atoms with Gasteiger partial charge in [0.05, 0.1) is 24.8 Å². The van der Waals surface area contributed by atoms with E-state index in [4.69, 9.17) is 9.84 Å². The van der Waals surface area contributed by atoms with Crippen LogP contribution in [0.25, 0.3) is 11.8 Å². The van der Waals surface area contributed by atoms with E-state index in [1.54, 1.807) is 13.4 Å². The Kier molecular flexibility index (Phi) is 5.58. The number of pyridine rings is 1. The van der Waals surface area contributed by atoms with Crippen molar-refractivity contribution in [2.75, 3.05) is 20.3 Å². The van der Waals surface area contributed by atoms with Gasteiger partial charge in [0, 0.05) is 24.9 Å². The number of hydrogen-bond donors (Lipinski definition) is 0. The quantitative estimate of drug-likeness (QED) is 0.579. The maximum absolute atomic E-state index is 14.8. The molecule has 0 aliphatic carbocycles. The van der Waals surface area contributed by atoms with Crippen LogP contribution in [0.3, 0.4) is 0 Å². The van der Waals surface area contributed by atoms with Crippen molar-refractivity contribution in [3.05, 3.63) is 77.4 Å². The Morgan fingerprint density at radius 3 is 2.85 bits per heavy atom. The second-order valence-corrected chi connectivity index (χ2v) is 8.48. The third kappa shape index (κ3) is 4.08. The molecular weight excluding hydrogens is 419 g/mol. The minimum absolute atomic E-state index is 0.0202. The average molecular weight is 447 g/mol. The van der Waals surface area contributed by atoms with Gasteiger partial charge in [0.25, 0.3) is 0 Å². The van der Waals surface area contributed by atoms with E-state index in [0.717, 1.165) is 47.9 Å². The van der Waals surface area contributed by atoms with Crippen LogP contribution in [0, 0.1) is 19.7 Å². The first-order valence-corrected chi connectivity index (χ1v) is 11.1. The third-order valence-electron chi connectivity index (χ3n) is 6.16. The van der Waals surface area contributed by atoms with E-state index >= 15 is 0 Å². The van der Waals surface area contributed by atoms with E-state index in [1.165, 1.54) is 0 Å². The molecule has 1 atom stereocenters. The van der Waals surface area contributed by atoms with Crippen molar-refractivity contribution in [1.29, 1.82) is 0 Å². The highest BCUT2D eigenvalue weighted by molar-refractivity contribution is 5.90. The van der Waals surface area contributed by atoms with Crippen LogP contribution in [0.2, 0.25) is 0 Å². The lowest BCUT2D eigenvalue weighted by molar-refractivity contribution is 0.285. The summed E-state index contributed by atoms with van der Waals surface area (Å²) in [6.07, 6.45) is 9.42. The van der Waals surface area contributed by atoms with Crippen LogP contribution in [-0.2, 0) is 0 Å². The Morgan fingerprint density at radius 1 is 1.18 bits per heavy atom. The highest BCUT2D eigenvalue weighted by Gasteiger charge is 2.34. The zero-order chi connectivity index (χ0) is 22.9. The number of rotatable bonds is 5. The molecule has 0 radical (unpaired) electrons. The van der Waals surface area contributed by atoms with E-state index in [2.05, 4.69) is 14.9 Å². The molecule has 2 aliphatic heterocycles. The van der Waals surface area contributed by atoms with Crippen molar-refractivity contribution in [3.8, 4) is 11.6 Å². The molecule has 1 saturated heterocycles. The number of piperidine rings is 1. The summed E-state index contributed by atoms with van der Waals surface area (Å²) in [5.41, 5.74) is 3.93. The topological polar surface area (TPSA) is 58.8 Å². The summed E-state index contributed by atoms with van der Waals surface area (Å²) < 4.78 is 22.2. The minimum atomic E-state index is -0.120. The minimum Gasteiger partial charge on any atom is -0.479 e. The van der Waals surface area contributed by atoms with Crippen molar-refractivity contribution in [2.24, 2.45) is 5.10 Å². The normalized spacial score (nSPS) is 18.1. The van der Waals surface area contributed by atoms with E-state index in [1.807, 2.05) is 72.2 Å². The fourth-order valence-corrected chi connectivity index (χ4v) is 4.48. The predicted molar refractivity (Wildman–Crippen MR) is 126 cm³/mol. The molecule has 1 fully saturated rings. The number of amidine groups is 1. The first-order chi connectivity index (χ1) is 16.0. The fraction of sp³-hybridized carbons (Fsp3) is 0.320. The smallest absolute Gasteiger partial charge is 0.238 e. The number of benzene rings is 1. The lowest BCUT2D eigenvalue weighted by Gasteiger charge is -2.31. The Balaban J connectivity index is 1.37. The average Bonchev–Trinajstić information content (AvgIpc) is 3.45. The summed E-state index contributed by atoms with van der Waals surface area (Å²) in [5, 5.41) is 6.71. The van der Waals surface area contributed by atoms with Crippen LogP contribution in [-0.4, -0.2) is 50.6 Å². The van der Waals surface area contributed by atoms with Gasteiger partial charge >= 0.3 is 0 Å². The second-order valence-electron chi connectivity index (χ2n) is 8.48. The lowest BCUT2D eigenvalue weighted by Crippen LogP contribution is -2.38. The number of hydrogen-bond acceptors (Lipinski definition) is 6. The molecule has 1 unspecified atom stereocenters. The summed E-state index contributed by atoms with van der Waals surface area (Å²) in [7, 11) is 1.61. The summed E-state index contributed by atoms with van der Waals surface area (Å²) >= 11 is 0. The van der Waals surface area contributed by atoms with E-state index in [-0.39, 0.29) is 11.7 Å². The van der Waals surface area contributed by atoms with Crippen molar-refractivity contribution in [3.63, 3.8) is 0 Å². The first kappa shape index (κ1) is 21.2. The van der Waals surface area contributed by atoms with Crippen LogP contribution < -0.4 is 4.74 Å². The number of hydrazone groups is 1. The maximum Gasteiger partial charge on any atom is 0.238 e. The standard InChI is InChI=1S/C25H27FN6O/c1-17-6-4-7-20(23(17)26)21-8-5-12-30-16-32(29-24(21)30)13-11-19-9-10-22(25(28-19)33-3)31-14-18(2)27-15-31/h4,6-7,9-11,13-15,21H,5,8,12,16H2,1-3H3/b13-11+. The van der Waals surface area contributed by atoms with Gasteiger partial charge in [-0.3, -0.25) is 5.01 Å². The Morgan fingerprint density at radius 2 is 2.06 bits per heavy atom. The zero-order valence-electron chi connectivity index (χ0n) is 19.1. The predicted octanol–water partition coefficient (Wildman–Crippen LogP) is 4.47. The van der Waals surface area contributed by atoms with Crippen LogP contribution in [0.1, 0.15) is 41.3 Å². The molecule has 0 saturated carbocycles. The summed E-state index contributed by atoms with van der Waals surface area (Å²) in [6.45, 7) is 5.33. The van der Waals surface area contributed by atoms with Crippen LogP contribution in [0.4, 0.5) is 4.39 Å². The number of imidazole rings is 1. The third-order valence-corrected chi connectivity index (χ3v) is 6.16. The fourth-order valence-electron chi connectivity index (χ4n) is 4.48. The molecule has 0 N–H and O–H groups in total. The molecule has 2 aliphatic rings. The van der Waals surface area contributed by atoms with E-state index < -0.39 is 0 Å². The van der Waals surface area contributed by atoms with Gasteiger partial charge in [-0.25, -0.2) is 14.4 Å². The largest absolute Gasteiger partial charge is 0.479 e. The Bertz CT molecular complexity index is 1230. The van der Waals surface area contributed by atoms with Gasteiger partial charge in [-0.15, -0.1) is 0 Å². The Labute approximate surface area is 192 Å². The van der Waals surface area contributed by atoms with Gasteiger partial charge in [0.2, 0.25) is 5.88 Å². The number of aromatic nitrogens is 3. The van der Waals surface area contributed by atoms with Gasteiger partial charge < -0.3 is 14.2 Å². The van der Waals surface area contributed by atoms with Gasteiger partial charge in [0.1, 0.15) is 24.0 Å². The van der Waals surface area contributed by atoms with Crippen LogP contribution >= 0.6 is 0 Å². The lowest BCUT2D eigenvalue weighted by atomic mass is 9.88. The first-order valence-electron chi connectivity index (χ1n) is 11.1. The summed E-state index contributed by atoms with van der Waals surface area (Å²) in [4.78, 5) is 11.1. The molecule has 33 heavy (non-hydrogen) atoms. The molecule has 1 aromatic carbocycles. The molecule has 0 bridgehead atoms. The highest BCUT2D eigenvalue weighted by atomic mass is 19.1. The number of nitrogens with zero attached hydrogens (tertiary/aromatic N) is 6. The maximum atomic E-state index is 14.8. The van der Waals surface area contributed by atoms with Crippen LogP contribution in [0.15, 0.2) is 54.2 Å². The summed E-state index contributed by atoms with van der Waals surface area (Å²) in [5.74, 6) is 1.32. The van der Waals surface area contributed by atoms with Gasteiger partial charge in [-0.1, -0.05) is 18.2 Å². The molecule has 0 spiro atoms. The van der Waals surface area contributed by atoms with Gasteiger partial charge in [-0.2, -0.15) is 5.10 Å². The molecule has 0 amide bonds. The van der Waals surface area contributed by atoms with E-state index in [9.17, 15) is 4.39 Å². The van der Waals surface area contributed by atoms with Crippen molar-refractivity contribution >= 4 is 11.9 Å². The molecule has 2 aromatic heterocycles. The molecular formula is C25H27FN6O. The molecule has 7 nitrogen and oxygen atoms in total. The highest BCUT2D eigenvalue weighted by Crippen LogP contribution is 2.34. The van der Waals surface area contributed by atoms with Crippen molar-refractivity contribution < 1.29 is 9.13 Å². The SMILES string of the molecule is COc1nc(/C=C/N2CN3CCCC(c4cccc(C)c4F)C3=N2)ccc1-n1cnc(C)c1. The molecule has 170 valence electrons. The Hall–Kier alpha value is -3.68. The molecule has 4 heterocycles. The number of fused-ring (bicyclic) bond motifs is 1. The zero-order valence-corrected chi connectivity index (χ0v) is 19.1. The van der Waals surface area contributed by atoms with E-state index in [0.29, 0.717) is 18.1 Å². The molecule has 5 rings (SSSR count). The second kappa shape index (κ2) is 8.69. The number of methoxy groups -OCH3 is 1. The summed E-state index contributed by atoms with van der Waals surface area (Å²) in [6, 6.07) is 9.52. The van der Waals surface area contributed by atoms with Crippen LogP contribution in [0.5, 0.6) is 5.88 Å². The van der Waals surface area contributed by atoms with Crippen molar-refractivity contribution in [2.45, 2.75) is 32.6 Å². The number of halogens is 1. The van der Waals surface area contributed by atoms with Crippen molar-refractivity contribution in [1.82, 2.24) is 24.4 Å². The molecule has 8 heteroatoms.